The number of piperidine rings is 1. The number of likely N-dealkylation sites (tertiary alicyclic amines) is 1. The number of hydrogen-bond donors (Lipinski definition) is 2. The average molecular weight is 438 g/mol. The van der Waals surface area contributed by atoms with Gasteiger partial charge in [-0.3, -0.25) is 4.79 Å². The number of fused-ring (bicyclic) bond motifs is 1. The molecule has 0 spiro atoms. The molecular formula is C26H35N3OS. The molecule has 0 radical (unpaired) electrons. The van der Waals surface area contributed by atoms with E-state index in [2.05, 4.69) is 70.3 Å². The van der Waals surface area contributed by atoms with Crippen LogP contribution in [-0.2, 0) is 11.2 Å². The molecule has 3 aromatic rings. The van der Waals surface area contributed by atoms with E-state index in [-0.39, 0.29) is 11.8 Å². The Kier molecular flexibility index (Phi) is 7.46. The maximum absolute atomic E-state index is 12.9. The van der Waals surface area contributed by atoms with Gasteiger partial charge < -0.3 is 15.2 Å². The number of carbonyl (C=O) groups is 1. The second-order valence-corrected chi connectivity index (χ2v) is 9.61. The van der Waals surface area contributed by atoms with Gasteiger partial charge in [-0.1, -0.05) is 31.5 Å². The van der Waals surface area contributed by atoms with Crippen LogP contribution in [0.5, 0.6) is 0 Å². The van der Waals surface area contributed by atoms with Gasteiger partial charge in [-0.2, -0.15) is 11.3 Å². The molecule has 1 saturated heterocycles. The van der Waals surface area contributed by atoms with Crippen LogP contribution in [0.1, 0.15) is 68.6 Å². The second-order valence-electron chi connectivity index (χ2n) is 8.83. The number of hydrogen-bond acceptors (Lipinski definition) is 3. The zero-order valence-corrected chi connectivity index (χ0v) is 19.6. The predicted molar refractivity (Wildman–Crippen MR) is 131 cm³/mol. The van der Waals surface area contributed by atoms with Crippen LogP contribution in [-0.4, -0.2) is 41.5 Å². The van der Waals surface area contributed by atoms with Gasteiger partial charge in [0, 0.05) is 48.6 Å². The van der Waals surface area contributed by atoms with Crippen molar-refractivity contribution >= 4 is 28.1 Å². The first kappa shape index (κ1) is 22.1. The molecule has 2 atom stereocenters. The van der Waals surface area contributed by atoms with Crippen LogP contribution in [0.2, 0.25) is 0 Å². The molecule has 1 aliphatic rings. The lowest BCUT2D eigenvalue weighted by Crippen LogP contribution is -2.39. The lowest BCUT2D eigenvalue weighted by Gasteiger charge is -2.33. The van der Waals surface area contributed by atoms with E-state index in [1.165, 1.54) is 53.4 Å². The fraction of sp³-hybridized carbons (Fsp3) is 0.500. The minimum absolute atomic E-state index is 0.0780. The van der Waals surface area contributed by atoms with Gasteiger partial charge in [-0.25, -0.2) is 0 Å². The van der Waals surface area contributed by atoms with Crippen LogP contribution in [0.3, 0.4) is 0 Å². The maximum Gasteiger partial charge on any atom is 0.220 e. The summed E-state index contributed by atoms with van der Waals surface area (Å²) in [6, 6.07) is 9.32. The zero-order valence-electron chi connectivity index (χ0n) is 18.8. The molecule has 1 aromatic carbocycles. The van der Waals surface area contributed by atoms with Crippen molar-refractivity contribution in [3.8, 4) is 0 Å². The standard InChI is InChI=1S/C26H35N3OS/c1-3-20-9-6-10-22-24(17-28-26(20)22)23(21-11-15-31-18-21)16-25(30)27-12-7-14-29-13-5-4-8-19(29)2/h6,9-11,15,17-19,23,28H,3-5,7-8,12-14,16H2,1-2H3,(H,27,30). The summed E-state index contributed by atoms with van der Waals surface area (Å²) < 4.78 is 0. The van der Waals surface area contributed by atoms with Gasteiger partial charge in [0.2, 0.25) is 5.91 Å². The largest absolute Gasteiger partial charge is 0.361 e. The van der Waals surface area contributed by atoms with Crippen molar-refractivity contribution in [1.29, 1.82) is 0 Å². The van der Waals surface area contributed by atoms with E-state index in [0.717, 1.165) is 25.9 Å². The molecule has 5 heteroatoms. The first-order chi connectivity index (χ1) is 15.2. The highest BCUT2D eigenvalue weighted by molar-refractivity contribution is 7.08. The van der Waals surface area contributed by atoms with E-state index < -0.39 is 0 Å². The smallest absolute Gasteiger partial charge is 0.220 e. The van der Waals surface area contributed by atoms with Gasteiger partial charge in [0.1, 0.15) is 0 Å². The number of benzene rings is 1. The Balaban J connectivity index is 1.41. The summed E-state index contributed by atoms with van der Waals surface area (Å²) in [6.07, 6.45) is 8.58. The number of nitrogens with zero attached hydrogens (tertiary/aromatic N) is 1. The van der Waals surface area contributed by atoms with E-state index >= 15 is 0 Å². The van der Waals surface area contributed by atoms with Crippen molar-refractivity contribution in [1.82, 2.24) is 15.2 Å². The van der Waals surface area contributed by atoms with Crippen molar-refractivity contribution in [2.75, 3.05) is 19.6 Å². The summed E-state index contributed by atoms with van der Waals surface area (Å²) in [4.78, 5) is 18.9. The lowest BCUT2D eigenvalue weighted by atomic mass is 9.89. The molecule has 1 fully saturated rings. The van der Waals surface area contributed by atoms with Crippen molar-refractivity contribution < 1.29 is 4.79 Å². The van der Waals surface area contributed by atoms with Crippen LogP contribution in [0.25, 0.3) is 10.9 Å². The maximum atomic E-state index is 12.9. The predicted octanol–water partition coefficient (Wildman–Crippen LogP) is 5.69. The summed E-state index contributed by atoms with van der Waals surface area (Å²) in [7, 11) is 0. The van der Waals surface area contributed by atoms with Crippen LogP contribution >= 0.6 is 11.3 Å². The quantitative estimate of drug-likeness (QED) is 0.422. The third kappa shape index (κ3) is 5.21. The average Bonchev–Trinajstić information content (AvgIpc) is 3.46. The number of aromatic amines is 1. The van der Waals surface area contributed by atoms with Crippen molar-refractivity contribution in [3.63, 3.8) is 0 Å². The van der Waals surface area contributed by atoms with Crippen molar-refractivity contribution in [2.45, 2.75) is 64.3 Å². The van der Waals surface area contributed by atoms with Crippen LogP contribution < -0.4 is 5.32 Å². The SMILES string of the molecule is CCc1cccc2c(C(CC(=O)NCCCN3CCCCC3C)c3ccsc3)c[nH]c12. The molecule has 2 aromatic heterocycles. The summed E-state index contributed by atoms with van der Waals surface area (Å²) in [5, 5.41) is 8.71. The topological polar surface area (TPSA) is 48.1 Å². The molecule has 0 bridgehead atoms. The third-order valence-electron chi connectivity index (χ3n) is 6.81. The molecule has 2 unspecified atom stereocenters. The second kappa shape index (κ2) is 10.5. The first-order valence-electron chi connectivity index (χ1n) is 11.8. The van der Waals surface area contributed by atoms with Crippen LogP contribution in [0, 0.1) is 0 Å². The Morgan fingerprint density at radius 2 is 2.23 bits per heavy atom. The number of thiophene rings is 1. The van der Waals surface area contributed by atoms with Gasteiger partial charge in [0.15, 0.2) is 0 Å². The number of rotatable bonds is 9. The molecule has 31 heavy (non-hydrogen) atoms. The Morgan fingerprint density at radius 3 is 3.00 bits per heavy atom. The van der Waals surface area contributed by atoms with E-state index in [0.29, 0.717) is 12.5 Å². The van der Waals surface area contributed by atoms with Crippen molar-refractivity contribution in [3.05, 3.63) is 57.9 Å². The van der Waals surface area contributed by atoms with Gasteiger partial charge in [-0.15, -0.1) is 0 Å². The Bertz CT molecular complexity index is 978. The monoisotopic (exact) mass is 437 g/mol. The number of nitrogens with one attached hydrogen (secondary N) is 2. The molecular weight excluding hydrogens is 402 g/mol. The number of H-pyrrole nitrogens is 1. The summed E-state index contributed by atoms with van der Waals surface area (Å²) >= 11 is 1.70. The van der Waals surface area contributed by atoms with E-state index in [1.54, 1.807) is 11.3 Å². The molecule has 1 amide bonds. The normalized spacial score (nSPS) is 18.3. The third-order valence-corrected chi connectivity index (χ3v) is 7.51. The highest BCUT2D eigenvalue weighted by Crippen LogP contribution is 2.35. The van der Waals surface area contributed by atoms with E-state index in [9.17, 15) is 4.79 Å². The Labute approximate surface area is 190 Å². The molecule has 3 heterocycles. The summed E-state index contributed by atoms with van der Waals surface area (Å²) in [6.45, 7) is 7.55. The minimum Gasteiger partial charge on any atom is -0.361 e. The van der Waals surface area contributed by atoms with Gasteiger partial charge in [0.05, 0.1) is 0 Å². The molecule has 4 rings (SSSR count). The lowest BCUT2D eigenvalue weighted by molar-refractivity contribution is -0.121. The highest BCUT2D eigenvalue weighted by Gasteiger charge is 2.22. The molecule has 0 aliphatic carbocycles. The minimum atomic E-state index is 0.0780. The fourth-order valence-electron chi connectivity index (χ4n) is 4.96. The zero-order chi connectivity index (χ0) is 21.6. The van der Waals surface area contributed by atoms with Crippen molar-refractivity contribution in [2.24, 2.45) is 0 Å². The van der Waals surface area contributed by atoms with Gasteiger partial charge >= 0.3 is 0 Å². The Hall–Kier alpha value is -2.11. The molecule has 2 N–H and O–H groups in total. The van der Waals surface area contributed by atoms with E-state index in [1.807, 2.05) is 0 Å². The number of para-hydroxylation sites is 1. The number of aromatic nitrogens is 1. The Morgan fingerprint density at radius 1 is 1.32 bits per heavy atom. The number of carbonyl (C=O) groups excluding carboxylic acids is 1. The van der Waals surface area contributed by atoms with Gasteiger partial charge in [0.25, 0.3) is 0 Å². The van der Waals surface area contributed by atoms with Crippen LogP contribution in [0.15, 0.2) is 41.2 Å². The summed E-state index contributed by atoms with van der Waals surface area (Å²) in [5.74, 6) is 0.220. The molecule has 1 aliphatic heterocycles. The van der Waals surface area contributed by atoms with E-state index in [4.69, 9.17) is 0 Å². The molecule has 166 valence electrons. The highest BCUT2D eigenvalue weighted by atomic mass is 32.1. The molecule has 4 nitrogen and oxygen atoms in total. The fourth-order valence-corrected chi connectivity index (χ4v) is 5.67. The summed E-state index contributed by atoms with van der Waals surface area (Å²) in [5.41, 5.74) is 4.98. The number of amides is 1. The van der Waals surface area contributed by atoms with Gasteiger partial charge in [-0.05, 0) is 72.7 Å². The van der Waals surface area contributed by atoms with Crippen LogP contribution in [0.4, 0.5) is 0 Å². The number of aryl methyl sites for hydroxylation is 1. The first-order valence-corrected chi connectivity index (χ1v) is 12.7. The molecule has 0 saturated carbocycles.